The molecule has 6 bridgehead atoms. The molecule has 8 atom stereocenters. The van der Waals surface area contributed by atoms with Gasteiger partial charge in [-0.25, -0.2) is 10.4 Å². The Morgan fingerprint density at radius 1 is 1.13 bits per heavy atom. The second kappa shape index (κ2) is 15.9. The van der Waals surface area contributed by atoms with Crippen LogP contribution in [0.15, 0.2) is 35.8 Å². The molecule has 9 rings (SSSR count). The van der Waals surface area contributed by atoms with Gasteiger partial charge in [0, 0.05) is 71.6 Å². The Bertz CT molecular complexity index is 2360. The summed E-state index contributed by atoms with van der Waals surface area (Å²) < 4.78 is 14.7. The number of nitrogens with zero attached hydrogens (tertiary/aromatic N) is 5. The zero-order chi connectivity index (χ0) is 43.1. The molecule has 5 aliphatic rings. The number of methoxy groups -OCH3 is 1. The lowest BCUT2D eigenvalue weighted by atomic mass is 9.83. The van der Waals surface area contributed by atoms with E-state index in [9.17, 15) is 14.4 Å². The molecule has 2 N–H and O–H groups in total. The predicted molar refractivity (Wildman–Crippen MR) is 238 cm³/mol. The van der Waals surface area contributed by atoms with Gasteiger partial charge in [0.1, 0.15) is 12.1 Å². The number of cyclic esters (lactones) is 1. The molecule has 12 nitrogen and oxygen atoms in total. The average Bonchev–Trinajstić information content (AvgIpc) is 3.94. The Balaban J connectivity index is 1.17. The lowest BCUT2D eigenvalue weighted by Gasteiger charge is -2.38. The average molecular weight is 850 g/mol. The lowest BCUT2D eigenvalue weighted by Crippen LogP contribution is -2.62. The number of hydrazine groups is 1. The summed E-state index contributed by atoms with van der Waals surface area (Å²) in [5.41, 5.74) is 11.1. The Kier molecular flexibility index (Phi) is 11.0. The fourth-order valence-electron chi connectivity index (χ4n) is 10.6. The maximum absolute atomic E-state index is 14.5. The highest BCUT2D eigenvalue weighted by atomic mass is 32.1. The van der Waals surface area contributed by atoms with Crippen molar-refractivity contribution < 1.29 is 23.9 Å². The fourth-order valence-corrected chi connectivity index (χ4v) is 11.5. The molecule has 3 aromatic heterocycles. The number of pyridine rings is 1. The van der Waals surface area contributed by atoms with Crippen molar-refractivity contribution in [2.45, 2.75) is 111 Å². The number of nitrogens with one attached hydrogen (secondary N) is 2. The van der Waals surface area contributed by atoms with Gasteiger partial charge in [-0.05, 0) is 118 Å². The van der Waals surface area contributed by atoms with E-state index in [2.05, 4.69) is 112 Å². The van der Waals surface area contributed by atoms with Gasteiger partial charge in [0.05, 0.1) is 34.8 Å². The highest BCUT2D eigenvalue weighted by Crippen LogP contribution is 2.57. The summed E-state index contributed by atoms with van der Waals surface area (Å²) in [7, 11) is 3.94. The van der Waals surface area contributed by atoms with Crippen molar-refractivity contribution in [2.75, 3.05) is 40.4 Å². The van der Waals surface area contributed by atoms with E-state index in [4.69, 9.17) is 19.4 Å². The standard InChI is InChI=1S/C48H63N7O5S/c1-10-54-38-12-11-30-17-32(38)34(43(54)33-18-31(22-49-41(33)28(4)59-9)29-13-15-53(8)16-14-29)20-47(5,6)25-60-46(58)42-35-21-48(35,7)24-55(52-42)45(57)36(19-39-50-37(30)23-61-39)51-44(56)40-26(2)27(40)3/h11-12,17-18,22-23,26-29,35-36,40,42,52H,10,13-16,19-21,24-25H2,1-9H3,(H,51,56)/t26-,27+,28-,35+,36-,40?,42-,48-/m0/s1. The van der Waals surface area contributed by atoms with Crippen molar-refractivity contribution >= 4 is 40.0 Å². The van der Waals surface area contributed by atoms with Gasteiger partial charge in [-0.3, -0.25) is 24.4 Å². The third kappa shape index (κ3) is 7.82. The normalized spacial score (nSPS) is 29.8. The third-order valence-corrected chi connectivity index (χ3v) is 15.9. The van der Waals surface area contributed by atoms with Crippen LogP contribution in [0.2, 0.25) is 0 Å². The number of carbonyl (C=O) groups is 3. The van der Waals surface area contributed by atoms with Crippen LogP contribution in [0.3, 0.4) is 0 Å². The number of benzene rings is 1. The molecule has 1 aromatic carbocycles. The van der Waals surface area contributed by atoms with Gasteiger partial charge in [0.2, 0.25) is 5.91 Å². The van der Waals surface area contributed by atoms with Crippen LogP contribution in [0.5, 0.6) is 0 Å². The molecular weight excluding hydrogens is 787 g/mol. The third-order valence-electron chi connectivity index (χ3n) is 15.0. The molecule has 4 fully saturated rings. The van der Waals surface area contributed by atoms with Crippen molar-refractivity contribution in [3.63, 3.8) is 0 Å². The van der Waals surface area contributed by atoms with Crippen molar-refractivity contribution in [1.82, 2.24) is 35.2 Å². The molecular formula is C48H63N7O5S. The molecule has 2 aliphatic carbocycles. The van der Waals surface area contributed by atoms with E-state index in [0.29, 0.717) is 18.9 Å². The van der Waals surface area contributed by atoms with Gasteiger partial charge < -0.3 is 24.3 Å². The smallest absolute Gasteiger partial charge is 0.325 e. The van der Waals surface area contributed by atoms with Gasteiger partial charge in [0.25, 0.3) is 5.91 Å². The second-order valence-electron chi connectivity index (χ2n) is 20.0. The largest absolute Gasteiger partial charge is 0.464 e. The van der Waals surface area contributed by atoms with Crippen LogP contribution in [0.25, 0.3) is 33.4 Å². The number of thiazole rings is 1. The Hall–Kier alpha value is -4.17. The lowest BCUT2D eigenvalue weighted by molar-refractivity contribution is -0.157. The zero-order valence-electron chi connectivity index (χ0n) is 37.3. The monoisotopic (exact) mass is 849 g/mol. The van der Waals surface area contributed by atoms with Crippen molar-refractivity contribution in [3.05, 3.63) is 57.7 Å². The Labute approximate surface area is 364 Å². The molecule has 1 unspecified atom stereocenters. The number of carbonyl (C=O) groups excluding carboxylic acids is 3. The number of aryl methyl sites for hydroxylation is 1. The second-order valence-corrected chi connectivity index (χ2v) is 21.0. The topological polar surface area (TPSA) is 131 Å². The minimum Gasteiger partial charge on any atom is -0.464 e. The molecule has 3 aliphatic heterocycles. The maximum Gasteiger partial charge on any atom is 0.325 e. The number of likely N-dealkylation sites (tertiary alicyclic amines) is 1. The number of amides is 2. The van der Waals surface area contributed by atoms with Crippen molar-refractivity contribution in [1.29, 1.82) is 0 Å². The number of fused-ring (bicyclic) bond motifs is 8. The first-order valence-electron chi connectivity index (χ1n) is 22.5. The summed E-state index contributed by atoms with van der Waals surface area (Å²) >= 11 is 1.51. The van der Waals surface area contributed by atoms with Crippen LogP contribution in [-0.2, 0) is 43.2 Å². The summed E-state index contributed by atoms with van der Waals surface area (Å²) in [4.78, 5) is 55.0. The number of hydrogen-bond acceptors (Lipinski definition) is 10. The van der Waals surface area contributed by atoms with Gasteiger partial charge in [-0.15, -0.1) is 11.3 Å². The molecule has 0 spiro atoms. The Morgan fingerprint density at radius 3 is 2.59 bits per heavy atom. The number of ether oxygens (including phenoxy) is 2. The molecule has 6 heterocycles. The minimum absolute atomic E-state index is 0.0542. The summed E-state index contributed by atoms with van der Waals surface area (Å²) in [5, 5.41) is 8.66. The fraction of sp³-hybridized carbons (Fsp3) is 0.604. The van der Waals surface area contributed by atoms with E-state index in [-0.39, 0.29) is 66.0 Å². The zero-order valence-corrected chi connectivity index (χ0v) is 38.2. The molecule has 0 radical (unpaired) electrons. The van der Waals surface area contributed by atoms with Gasteiger partial charge in [0.15, 0.2) is 0 Å². The van der Waals surface area contributed by atoms with E-state index in [0.717, 1.165) is 83.0 Å². The molecule has 326 valence electrons. The highest BCUT2D eigenvalue weighted by molar-refractivity contribution is 7.10. The summed E-state index contributed by atoms with van der Waals surface area (Å²) in [6, 6.07) is 7.47. The van der Waals surface area contributed by atoms with Crippen LogP contribution < -0.4 is 10.7 Å². The number of rotatable bonds is 7. The van der Waals surface area contributed by atoms with E-state index >= 15 is 0 Å². The number of hydrogen-bond donors (Lipinski definition) is 2. The van der Waals surface area contributed by atoms with Crippen LogP contribution >= 0.6 is 11.3 Å². The van der Waals surface area contributed by atoms with E-state index in [1.54, 1.807) is 12.1 Å². The molecule has 61 heavy (non-hydrogen) atoms. The Morgan fingerprint density at radius 2 is 1.89 bits per heavy atom. The summed E-state index contributed by atoms with van der Waals surface area (Å²) in [6.07, 6.45) is 5.70. The highest BCUT2D eigenvalue weighted by Gasteiger charge is 2.61. The molecule has 2 saturated carbocycles. The van der Waals surface area contributed by atoms with Gasteiger partial charge in [-0.2, -0.15) is 0 Å². The van der Waals surface area contributed by atoms with E-state index in [1.807, 2.05) is 0 Å². The van der Waals surface area contributed by atoms with Crippen LogP contribution in [0, 0.1) is 34.5 Å². The van der Waals surface area contributed by atoms with Gasteiger partial charge in [-0.1, -0.05) is 40.7 Å². The first kappa shape index (κ1) is 42.1. The minimum atomic E-state index is -0.842. The first-order chi connectivity index (χ1) is 29.1. The van der Waals surface area contributed by atoms with Crippen molar-refractivity contribution in [2.24, 2.45) is 34.5 Å². The van der Waals surface area contributed by atoms with Crippen LogP contribution in [-0.4, -0.2) is 94.7 Å². The van der Waals surface area contributed by atoms with E-state index < -0.39 is 17.5 Å². The quantitative estimate of drug-likeness (QED) is 0.186. The molecule has 13 heteroatoms. The summed E-state index contributed by atoms with van der Waals surface area (Å²) in [5.74, 6) is 0.171. The van der Waals surface area contributed by atoms with Crippen LogP contribution in [0.4, 0.5) is 0 Å². The molecule has 2 saturated heterocycles. The van der Waals surface area contributed by atoms with E-state index in [1.165, 1.54) is 22.5 Å². The summed E-state index contributed by atoms with van der Waals surface area (Å²) in [6.45, 7) is 18.4. The van der Waals surface area contributed by atoms with Crippen LogP contribution in [0.1, 0.15) is 102 Å². The molecule has 4 aromatic rings. The predicted octanol–water partition coefficient (Wildman–Crippen LogP) is 7.16. The SMILES string of the molecule is CCn1c(-c2cc(C3CCN(C)CC3)cnc2[C@H](C)OC)c2c3cc(ccc31)-c1csc(n1)C[C@H](NC(=O)C1[C@@H](C)[C@H]1C)C(=O)N1C[C@]3(C)C[C@@H]3[C@H](N1)C(=O)OCC(C)(C)C2. The van der Waals surface area contributed by atoms with Crippen molar-refractivity contribution in [3.8, 4) is 22.5 Å². The molecule has 2 amide bonds. The number of piperidine rings is 1. The first-order valence-corrected chi connectivity index (χ1v) is 23.3. The number of esters is 1. The number of aromatic nitrogens is 3. The maximum atomic E-state index is 14.5. The van der Waals surface area contributed by atoms with Gasteiger partial charge >= 0.3 is 5.97 Å².